The van der Waals surface area contributed by atoms with Gasteiger partial charge in [0.15, 0.2) is 0 Å². The Morgan fingerprint density at radius 1 is 1.35 bits per heavy atom. The first-order valence-corrected chi connectivity index (χ1v) is 6.68. The smallest absolute Gasteiger partial charge is 0.251 e. The molecule has 1 aromatic carbocycles. The number of anilines is 2. The van der Waals surface area contributed by atoms with Crippen LogP contribution in [0.5, 0.6) is 5.75 Å². The van der Waals surface area contributed by atoms with Crippen molar-refractivity contribution in [2.24, 2.45) is 0 Å². The first kappa shape index (κ1) is 14.5. The molecule has 6 heteroatoms. The zero-order chi connectivity index (χ0) is 14.7. The molecule has 1 amide bonds. The van der Waals surface area contributed by atoms with Crippen molar-refractivity contribution in [2.45, 2.75) is 13.0 Å². The zero-order valence-electron chi connectivity index (χ0n) is 11.9. The molecule has 1 aliphatic rings. The number of methoxy groups -OCH3 is 1. The molecule has 1 unspecified atom stereocenters. The van der Waals surface area contributed by atoms with Gasteiger partial charge in [0.1, 0.15) is 11.9 Å². The summed E-state index contributed by atoms with van der Waals surface area (Å²) in [6, 6.07) is 5.67. The van der Waals surface area contributed by atoms with Gasteiger partial charge in [-0.05, 0) is 19.1 Å². The van der Waals surface area contributed by atoms with Crippen molar-refractivity contribution >= 4 is 17.3 Å². The van der Waals surface area contributed by atoms with E-state index in [4.69, 9.17) is 10.5 Å². The lowest BCUT2D eigenvalue weighted by atomic mass is 10.2. The van der Waals surface area contributed by atoms with Crippen molar-refractivity contribution in [3.63, 3.8) is 0 Å². The van der Waals surface area contributed by atoms with Gasteiger partial charge in [0.25, 0.3) is 5.91 Å². The second kappa shape index (κ2) is 6.00. The van der Waals surface area contributed by atoms with Crippen LogP contribution in [0.4, 0.5) is 11.4 Å². The van der Waals surface area contributed by atoms with E-state index < -0.39 is 6.10 Å². The molecule has 1 fully saturated rings. The highest BCUT2D eigenvalue weighted by Crippen LogP contribution is 2.28. The van der Waals surface area contributed by atoms with E-state index in [1.54, 1.807) is 12.0 Å². The van der Waals surface area contributed by atoms with Crippen LogP contribution in [0.25, 0.3) is 0 Å². The van der Waals surface area contributed by atoms with E-state index in [0.29, 0.717) is 24.5 Å². The topological polar surface area (TPSA) is 79.0 Å². The number of piperazine rings is 1. The number of carbonyl (C=O) groups is 1. The lowest BCUT2D eigenvalue weighted by Gasteiger charge is -2.36. The molecule has 0 aromatic heterocycles. The van der Waals surface area contributed by atoms with Crippen LogP contribution in [0.2, 0.25) is 0 Å². The standard InChI is InChI=1S/C14H21N3O3/c1-10(18)14(19)17-7-5-16(6-8-17)11-3-4-12(15)13(9-11)20-2/h3-4,9-10,18H,5-8,15H2,1-2H3. The van der Waals surface area contributed by atoms with Crippen LogP contribution in [0.3, 0.4) is 0 Å². The fraction of sp³-hybridized carbons (Fsp3) is 0.500. The molecule has 1 aromatic rings. The van der Waals surface area contributed by atoms with Crippen LogP contribution in [0.15, 0.2) is 18.2 Å². The minimum absolute atomic E-state index is 0.209. The van der Waals surface area contributed by atoms with Gasteiger partial charge in [-0.3, -0.25) is 4.79 Å². The lowest BCUT2D eigenvalue weighted by Crippen LogP contribution is -2.51. The number of amides is 1. The van der Waals surface area contributed by atoms with Gasteiger partial charge >= 0.3 is 0 Å². The van der Waals surface area contributed by atoms with Crippen molar-refractivity contribution < 1.29 is 14.6 Å². The first-order chi connectivity index (χ1) is 9.52. The Morgan fingerprint density at radius 2 is 2.00 bits per heavy atom. The number of ether oxygens (including phenoxy) is 1. The predicted molar refractivity (Wildman–Crippen MR) is 77.9 cm³/mol. The van der Waals surface area contributed by atoms with Crippen molar-refractivity contribution in [3.8, 4) is 5.75 Å². The van der Waals surface area contributed by atoms with E-state index in [0.717, 1.165) is 18.8 Å². The van der Waals surface area contributed by atoms with E-state index in [1.807, 2.05) is 18.2 Å². The molecule has 0 aliphatic carbocycles. The number of rotatable bonds is 3. The Morgan fingerprint density at radius 3 is 2.55 bits per heavy atom. The largest absolute Gasteiger partial charge is 0.495 e. The SMILES string of the molecule is COc1cc(N2CCN(C(=O)C(C)O)CC2)ccc1N. The quantitative estimate of drug-likeness (QED) is 0.778. The van der Waals surface area contributed by atoms with E-state index in [2.05, 4.69) is 4.90 Å². The van der Waals surface area contributed by atoms with Crippen LogP contribution in [0, 0.1) is 0 Å². The van der Waals surface area contributed by atoms with Gasteiger partial charge in [-0.1, -0.05) is 0 Å². The van der Waals surface area contributed by atoms with Crippen LogP contribution in [-0.2, 0) is 4.79 Å². The summed E-state index contributed by atoms with van der Waals surface area (Å²) in [5.41, 5.74) is 7.44. The molecule has 1 aliphatic heterocycles. The van der Waals surface area contributed by atoms with E-state index in [9.17, 15) is 9.90 Å². The molecule has 0 saturated carbocycles. The van der Waals surface area contributed by atoms with E-state index in [-0.39, 0.29) is 5.91 Å². The molecule has 110 valence electrons. The maximum absolute atomic E-state index is 11.7. The predicted octanol–water partition coefficient (Wildman–Crippen LogP) is 0.307. The number of carbonyl (C=O) groups excluding carboxylic acids is 1. The van der Waals surface area contributed by atoms with Crippen molar-refractivity contribution in [2.75, 3.05) is 43.9 Å². The highest BCUT2D eigenvalue weighted by molar-refractivity contribution is 5.80. The fourth-order valence-corrected chi connectivity index (χ4v) is 2.35. The molecule has 0 bridgehead atoms. The van der Waals surface area contributed by atoms with Crippen molar-refractivity contribution in [1.82, 2.24) is 4.90 Å². The zero-order valence-corrected chi connectivity index (χ0v) is 11.9. The Balaban J connectivity index is 2.02. The Kier molecular flexibility index (Phi) is 4.34. The number of aliphatic hydroxyl groups is 1. The minimum atomic E-state index is -0.932. The van der Waals surface area contributed by atoms with Gasteiger partial charge in [0, 0.05) is 37.9 Å². The number of hydrogen-bond acceptors (Lipinski definition) is 5. The molecule has 6 nitrogen and oxygen atoms in total. The van der Waals surface area contributed by atoms with Gasteiger partial charge < -0.3 is 25.4 Å². The molecule has 2 rings (SSSR count). The summed E-state index contributed by atoms with van der Waals surface area (Å²) in [7, 11) is 1.59. The summed E-state index contributed by atoms with van der Waals surface area (Å²) in [5, 5.41) is 9.32. The summed E-state index contributed by atoms with van der Waals surface area (Å²) in [6.45, 7) is 4.17. The molecular formula is C14H21N3O3. The van der Waals surface area contributed by atoms with Crippen LogP contribution >= 0.6 is 0 Å². The second-order valence-electron chi connectivity index (χ2n) is 4.91. The highest BCUT2D eigenvalue weighted by Gasteiger charge is 2.24. The third kappa shape index (κ3) is 2.96. The molecule has 1 saturated heterocycles. The average molecular weight is 279 g/mol. The van der Waals surface area contributed by atoms with Crippen LogP contribution in [-0.4, -0.2) is 55.3 Å². The van der Waals surface area contributed by atoms with Gasteiger partial charge in [-0.15, -0.1) is 0 Å². The third-order valence-electron chi connectivity index (χ3n) is 3.53. The normalized spacial score (nSPS) is 16.9. The molecule has 1 atom stereocenters. The average Bonchev–Trinajstić information content (AvgIpc) is 2.47. The number of benzene rings is 1. The maximum Gasteiger partial charge on any atom is 0.251 e. The van der Waals surface area contributed by atoms with Gasteiger partial charge in [0.05, 0.1) is 12.8 Å². The monoisotopic (exact) mass is 279 g/mol. The summed E-state index contributed by atoms with van der Waals surface area (Å²) in [4.78, 5) is 15.6. The van der Waals surface area contributed by atoms with Crippen LogP contribution in [0.1, 0.15) is 6.92 Å². The van der Waals surface area contributed by atoms with Crippen LogP contribution < -0.4 is 15.4 Å². The van der Waals surface area contributed by atoms with Gasteiger partial charge in [-0.25, -0.2) is 0 Å². The Bertz CT molecular complexity index is 483. The van der Waals surface area contributed by atoms with E-state index in [1.165, 1.54) is 6.92 Å². The molecule has 20 heavy (non-hydrogen) atoms. The lowest BCUT2D eigenvalue weighted by molar-refractivity contribution is -0.139. The second-order valence-corrected chi connectivity index (χ2v) is 4.91. The number of nitrogen functional groups attached to an aromatic ring is 1. The number of aliphatic hydroxyl groups excluding tert-OH is 1. The van der Waals surface area contributed by atoms with Gasteiger partial charge in [0.2, 0.25) is 0 Å². The molecular weight excluding hydrogens is 258 g/mol. The van der Waals surface area contributed by atoms with E-state index >= 15 is 0 Å². The maximum atomic E-state index is 11.7. The fourth-order valence-electron chi connectivity index (χ4n) is 2.35. The number of nitrogens with two attached hydrogens (primary N) is 1. The number of hydrogen-bond donors (Lipinski definition) is 2. The summed E-state index contributed by atoms with van der Waals surface area (Å²) in [5.74, 6) is 0.449. The molecule has 3 N–H and O–H groups in total. The summed E-state index contributed by atoms with van der Waals surface area (Å²) >= 11 is 0. The molecule has 1 heterocycles. The summed E-state index contributed by atoms with van der Waals surface area (Å²) in [6.07, 6.45) is -0.932. The van der Waals surface area contributed by atoms with Crippen molar-refractivity contribution in [3.05, 3.63) is 18.2 Å². The Hall–Kier alpha value is -1.95. The third-order valence-corrected chi connectivity index (χ3v) is 3.53. The number of nitrogens with zero attached hydrogens (tertiary/aromatic N) is 2. The molecule has 0 radical (unpaired) electrons. The van der Waals surface area contributed by atoms with Crippen molar-refractivity contribution in [1.29, 1.82) is 0 Å². The minimum Gasteiger partial charge on any atom is -0.495 e. The summed E-state index contributed by atoms with van der Waals surface area (Å²) < 4.78 is 5.22. The highest BCUT2D eigenvalue weighted by atomic mass is 16.5. The van der Waals surface area contributed by atoms with Gasteiger partial charge in [-0.2, -0.15) is 0 Å². The first-order valence-electron chi connectivity index (χ1n) is 6.68. The Labute approximate surface area is 118 Å². The molecule has 0 spiro atoms.